The topological polar surface area (TPSA) is 99.6 Å². The second-order valence-corrected chi connectivity index (χ2v) is 8.67. The molecule has 140 valence electrons. The molecular weight excluding hydrogens is 364 g/mol. The summed E-state index contributed by atoms with van der Waals surface area (Å²) in [7, 11) is -3.31. The van der Waals surface area contributed by atoms with Crippen LogP contribution in [0.25, 0.3) is 22.5 Å². The molecule has 0 spiro atoms. The molecule has 2 aromatic heterocycles. The molecule has 1 aliphatic rings. The van der Waals surface area contributed by atoms with Crippen molar-refractivity contribution in [3.63, 3.8) is 0 Å². The predicted molar refractivity (Wildman–Crippen MR) is 104 cm³/mol. The first-order chi connectivity index (χ1) is 12.8. The van der Waals surface area contributed by atoms with Gasteiger partial charge in [0.1, 0.15) is 0 Å². The zero-order chi connectivity index (χ0) is 19.2. The Kier molecular flexibility index (Phi) is 4.24. The van der Waals surface area contributed by atoms with Crippen LogP contribution in [0.1, 0.15) is 17.7 Å². The number of aromatic nitrogens is 3. The van der Waals surface area contributed by atoms with E-state index in [0.717, 1.165) is 34.5 Å². The minimum Gasteiger partial charge on any atom is -0.381 e. The second-order valence-electron chi connectivity index (χ2n) is 6.65. The van der Waals surface area contributed by atoms with Gasteiger partial charge in [-0.05, 0) is 36.6 Å². The summed E-state index contributed by atoms with van der Waals surface area (Å²) in [6, 6.07) is 5.10. The Balaban J connectivity index is 1.93. The van der Waals surface area contributed by atoms with Gasteiger partial charge in [0.2, 0.25) is 0 Å². The molecule has 7 nitrogen and oxygen atoms in total. The summed E-state index contributed by atoms with van der Waals surface area (Å²) in [6.45, 7) is 3.15. The third-order valence-corrected chi connectivity index (χ3v) is 5.83. The largest absolute Gasteiger partial charge is 0.381 e. The first-order valence-corrected chi connectivity index (χ1v) is 10.5. The normalized spacial score (nSPS) is 15.1. The van der Waals surface area contributed by atoms with Gasteiger partial charge in [0.05, 0.1) is 35.7 Å². The Hall–Kier alpha value is -2.71. The average Bonchev–Trinajstić information content (AvgIpc) is 3.06. The summed E-state index contributed by atoms with van der Waals surface area (Å²) in [5, 5.41) is 0. The standard InChI is InChI=1S/C19H20N4O3S/c1-12-3-4-14(27(2,24)25)9-15(12)17-10-21-19-18(20)22-16(11-23(17)19)13-5-7-26-8-6-13/h3-5,9-11H,6-8H2,1-2H3,(H2,20,22). The molecule has 0 bridgehead atoms. The van der Waals surface area contributed by atoms with Crippen LogP contribution in [-0.4, -0.2) is 42.3 Å². The van der Waals surface area contributed by atoms with E-state index in [2.05, 4.69) is 9.97 Å². The summed E-state index contributed by atoms with van der Waals surface area (Å²) in [6.07, 6.45) is 7.57. The summed E-state index contributed by atoms with van der Waals surface area (Å²) < 4.78 is 31.2. The van der Waals surface area contributed by atoms with Gasteiger partial charge in [-0.25, -0.2) is 18.4 Å². The van der Waals surface area contributed by atoms with Crippen molar-refractivity contribution in [3.8, 4) is 11.3 Å². The molecule has 0 amide bonds. The molecule has 0 fully saturated rings. The van der Waals surface area contributed by atoms with Crippen LogP contribution in [0, 0.1) is 6.92 Å². The zero-order valence-electron chi connectivity index (χ0n) is 15.1. The van der Waals surface area contributed by atoms with Gasteiger partial charge >= 0.3 is 0 Å². The maximum atomic E-state index is 12.0. The number of fused-ring (bicyclic) bond motifs is 1. The lowest BCUT2D eigenvalue weighted by molar-refractivity contribution is 0.161. The predicted octanol–water partition coefficient (Wildman–Crippen LogP) is 2.49. The highest BCUT2D eigenvalue weighted by Gasteiger charge is 2.17. The van der Waals surface area contributed by atoms with Gasteiger partial charge in [-0.2, -0.15) is 0 Å². The fourth-order valence-corrected chi connectivity index (χ4v) is 3.88. The third kappa shape index (κ3) is 3.22. The molecule has 0 aliphatic carbocycles. The average molecular weight is 384 g/mol. The minimum absolute atomic E-state index is 0.271. The molecule has 27 heavy (non-hydrogen) atoms. The van der Waals surface area contributed by atoms with Gasteiger partial charge in [-0.1, -0.05) is 12.1 Å². The number of anilines is 1. The highest BCUT2D eigenvalue weighted by Crippen LogP contribution is 2.30. The van der Waals surface area contributed by atoms with Gasteiger partial charge in [0, 0.05) is 18.0 Å². The Morgan fingerprint density at radius 2 is 2.11 bits per heavy atom. The minimum atomic E-state index is -3.31. The lowest BCUT2D eigenvalue weighted by Crippen LogP contribution is -2.08. The van der Waals surface area contributed by atoms with Crippen molar-refractivity contribution in [2.75, 3.05) is 25.2 Å². The molecule has 0 unspecified atom stereocenters. The van der Waals surface area contributed by atoms with Crippen molar-refractivity contribution >= 4 is 26.9 Å². The van der Waals surface area contributed by atoms with Gasteiger partial charge in [0.15, 0.2) is 21.3 Å². The van der Waals surface area contributed by atoms with Crippen molar-refractivity contribution in [1.29, 1.82) is 0 Å². The van der Waals surface area contributed by atoms with E-state index in [0.29, 0.717) is 24.7 Å². The molecule has 3 aromatic rings. The van der Waals surface area contributed by atoms with E-state index in [4.69, 9.17) is 10.5 Å². The van der Waals surface area contributed by atoms with E-state index < -0.39 is 9.84 Å². The Labute approximate surface area is 157 Å². The van der Waals surface area contributed by atoms with Crippen LogP contribution in [-0.2, 0) is 14.6 Å². The van der Waals surface area contributed by atoms with E-state index >= 15 is 0 Å². The molecule has 4 rings (SSSR count). The van der Waals surface area contributed by atoms with Crippen molar-refractivity contribution in [2.45, 2.75) is 18.2 Å². The number of imidazole rings is 1. The SMILES string of the molecule is Cc1ccc(S(C)(=O)=O)cc1-c1cnc2c(N)nc(C3=CCOCC3)cn12. The Bertz CT molecular complexity index is 1180. The first-order valence-electron chi connectivity index (χ1n) is 8.56. The molecule has 2 N–H and O–H groups in total. The fraction of sp³-hybridized carbons (Fsp3) is 0.263. The van der Waals surface area contributed by atoms with Crippen LogP contribution in [0.2, 0.25) is 0 Å². The summed E-state index contributed by atoms with van der Waals surface area (Å²) >= 11 is 0. The molecule has 0 saturated carbocycles. The molecule has 0 saturated heterocycles. The first kappa shape index (κ1) is 17.7. The maximum absolute atomic E-state index is 12.0. The summed E-state index contributed by atoms with van der Waals surface area (Å²) in [5.74, 6) is 0.336. The lowest BCUT2D eigenvalue weighted by atomic mass is 10.1. The van der Waals surface area contributed by atoms with E-state index in [1.54, 1.807) is 24.4 Å². The number of rotatable bonds is 3. The van der Waals surface area contributed by atoms with Crippen molar-refractivity contribution in [2.24, 2.45) is 0 Å². The molecule has 3 heterocycles. The molecule has 0 atom stereocenters. The van der Waals surface area contributed by atoms with E-state index in [1.807, 2.05) is 23.6 Å². The fourth-order valence-electron chi connectivity index (χ4n) is 3.23. The molecule has 8 heteroatoms. The van der Waals surface area contributed by atoms with E-state index in [9.17, 15) is 8.42 Å². The summed E-state index contributed by atoms with van der Waals surface area (Å²) in [5.41, 5.74) is 11.1. The maximum Gasteiger partial charge on any atom is 0.180 e. The highest BCUT2D eigenvalue weighted by molar-refractivity contribution is 7.90. The van der Waals surface area contributed by atoms with Crippen LogP contribution in [0.4, 0.5) is 5.82 Å². The Morgan fingerprint density at radius 3 is 2.81 bits per heavy atom. The lowest BCUT2D eigenvalue weighted by Gasteiger charge is -2.14. The van der Waals surface area contributed by atoms with Gasteiger partial charge in [-0.3, -0.25) is 4.40 Å². The Morgan fingerprint density at radius 1 is 1.30 bits per heavy atom. The molecule has 0 radical (unpaired) electrons. The number of sulfone groups is 1. The van der Waals surface area contributed by atoms with Crippen molar-refractivity contribution < 1.29 is 13.2 Å². The van der Waals surface area contributed by atoms with E-state index in [-0.39, 0.29) is 4.90 Å². The molecular formula is C19H20N4O3S. The number of nitrogen functional groups attached to an aromatic ring is 1. The molecule has 1 aliphatic heterocycles. The van der Waals surface area contributed by atoms with Crippen LogP contribution >= 0.6 is 0 Å². The van der Waals surface area contributed by atoms with E-state index in [1.165, 1.54) is 6.26 Å². The monoisotopic (exact) mass is 384 g/mol. The van der Waals surface area contributed by atoms with Crippen LogP contribution in [0.15, 0.2) is 41.6 Å². The molecule has 1 aromatic carbocycles. The number of benzene rings is 1. The second kappa shape index (κ2) is 6.47. The van der Waals surface area contributed by atoms with Crippen molar-refractivity contribution in [1.82, 2.24) is 14.4 Å². The number of aryl methyl sites for hydroxylation is 1. The summed E-state index contributed by atoms with van der Waals surface area (Å²) in [4.78, 5) is 9.15. The number of ether oxygens (including phenoxy) is 1. The number of nitrogens with zero attached hydrogens (tertiary/aromatic N) is 3. The van der Waals surface area contributed by atoms with Gasteiger partial charge in [-0.15, -0.1) is 0 Å². The van der Waals surface area contributed by atoms with Crippen molar-refractivity contribution in [3.05, 3.63) is 47.9 Å². The third-order valence-electron chi connectivity index (χ3n) is 4.72. The number of nitrogens with two attached hydrogens (primary N) is 1. The van der Waals surface area contributed by atoms with Crippen LogP contribution < -0.4 is 5.73 Å². The number of hydrogen-bond donors (Lipinski definition) is 1. The smallest absolute Gasteiger partial charge is 0.180 e. The van der Waals surface area contributed by atoms with Gasteiger partial charge < -0.3 is 10.5 Å². The van der Waals surface area contributed by atoms with Crippen LogP contribution in [0.3, 0.4) is 0 Å². The highest BCUT2D eigenvalue weighted by atomic mass is 32.2. The van der Waals surface area contributed by atoms with Gasteiger partial charge in [0.25, 0.3) is 0 Å². The number of hydrogen-bond acceptors (Lipinski definition) is 6. The zero-order valence-corrected chi connectivity index (χ0v) is 16.0. The quantitative estimate of drug-likeness (QED) is 0.745. The van der Waals surface area contributed by atoms with Crippen LogP contribution in [0.5, 0.6) is 0 Å².